The van der Waals surface area contributed by atoms with E-state index >= 15 is 0 Å². The van der Waals surface area contributed by atoms with E-state index in [2.05, 4.69) is 29.6 Å². The normalized spacial score (nSPS) is 22.0. The van der Waals surface area contributed by atoms with E-state index in [4.69, 9.17) is 0 Å². The van der Waals surface area contributed by atoms with Gasteiger partial charge in [0.25, 0.3) is 0 Å². The highest BCUT2D eigenvalue weighted by Gasteiger charge is 2.28. The Bertz CT molecular complexity index is 583. The molecule has 3 rings (SSSR count). The van der Waals surface area contributed by atoms with Gasteiger partial charge < -0.3 is 15.5 Å². The highest BCUT2D eigenvalue weighted by Crippen LogP contribution is 2.35. The molecule has 1 heterocycles. The van der Waals surface area contributed by atoms with Gasteiger partial charge >= 0.3 is 0 Å². The zero-order chi connectivity index (χ0) is 13.9. The summed E-state index contributed by atoms with van der Waals surface area (Å²) in [7, 11) is 0. The van der Waals surface area contributed by atoms with Gasteiger partial charge in [0.2, 0.25) is 0 Å². The lowest BCUT2D eigenvalue weighted by Gasteiger charge is -2.19. The molecule has 0 bridgehead atoms. The average molecular weight is 269 g/mol. The maximum absolute atomic E-state index is 9.67. The Morgan fingerprint density at radius 3 is 2.50 bits per heavy atom. The summed E-state index contributed by atoms with van der Waals surface area (Å²) >= 11 is 0. The van der Waals surface area contributed by atoms with Crippen molar-refractivity contribution in [3.8, 4) is 11.5 Å². The molecular formula is C17H19NO2. The van der Waals surface area contributed by atoms with Crippen molar-refractivity contribution in [1.82, 2.24) is 5.32 Å². The summed E-state index contributed by atoms with van der Waals surface area (Å²) < 4.78 is 0. The third-order valence-electron chi connectivity index (χ3n) is 4.11. The summed E-state index contributed by atoms with van der Waals surface area (Å²) in [5, 5.41) is 22.5. The first-order valence-corrected chi connectivity index (χ1v) is 7.00. The molecule has 0 unspecified atom stereocenters. The van der Waals surface area contributed by atoms with Gasteiger partial charge in [-0.1, -0.05) is 36.4 Å². The van der Waals surface area contributed by atoms with Crippen molar-refractivity contribution in [2.24, 2.45) is 5.92 Å². The predicted molar refractivity (Wildman–Crippen MR) is 79.0 cm³/mol. The maximum Gasteiger partial charge on any atom is 0.157 e. The number of hydrogen-bond acceptors (Lipinski definition) is 3. The summed E-state index contributed by atoms with van der Waals surface area (Å²) in [6.07, 6.45) is 1.03. The van der Waals surface area contributed by atoms with Gasteiger partial charge in [0.05, 0.1) is 0 Å². The van der Waals surface area contributed by atoms with Gasteiger partial charge in [-0.25, -0.2) is 0 Å². The first-order valence-electron chi connectivity index (χ1n) is 7.00. The summed E-state index contributed by atoms with van der Waals surface area (Å²) in [6, 6.07) is 15.6. The van der Waals surface area contributed by atoms with Crippen LogP contribution in [-0.4, -0.2) is 23.3 Å². The Hall–Kier alpha value is -2.00. The van der Waals surface area contributed by atoms with Crippen LogP contribution in [0.3, 0.4) is 0 Å². The second kappa shape index (κ2) is 5.55. The molecule has 2 aromatic carbocycles. The van der Waals surface area contributed by atoms with Gasteiger partial charge in [-0.3, -0.25) is 0 Å². The van der Waals surface area contributed by atoms with E-state index in [9.17, 15) is 10.2 Å². The molecule has 3 nitrogen and oxygen atoms in total. The van der Waals surface area contributed by atoms with Crippen molar-refractivity contribution in [2.45, 2.75) is 12.3 Å². The molecular weight excluding hydrogens is 250 g/mol. The van der Waals surface area contributed by atoms with Crippen molar-refractivity contribution in [1.29, 1.82) is 0 Å². The monoisotopic (exact) mass is 269 g/mol. The van der Waals surface area contributed by atoms with Crippen molar-refractivity contribution in [3.05, 3.63) is 59.7 Å². The minimum Gasteiger partial charge on any atom is -0.504 e. The fraction of sp³-hybridized carbons (Fsp3) is 0.294. The van der Waals surface area contributed by atoms with E-state index in [1.54, 1.807) is 12.1 Å². The Labute approximate surface area is 118 Å². The predicted octanol–water partition coefficient (Wildman–Crippen LogP) is 2.64. The largest absolute Gasteiger partial charge is 0.504 e. The lowest BCUT2D eigenvalue weighted by molar-refractivity contribution is 0.401. The van der Waals surface area contributed by atoms with Gasteiger partial charge in [0.15, 0.2) is 11.5 Å². The summed E-state index contributed by atoms with van der Waals surface area (Å²) in [5.74, 6) is 0.801. The summed E-state index contributed by atoms with van der Waals surface area (Å²) in [5.41, 5.74) is 2.43. The fourth-order valence-electron chi connectivity index (χ4n) is 3.03. The van der Waals surface area contributed by atoms with Crippen LogP contribution in [0.2, 0.25) is 0 Å². The van der Waals surface area contributed by atoms with Crippen molar-refractivity contribution >= 4 is 0 Å². The molecule has 2 aromatic rings. The number of phenols is 2. The zero-order valence-corrected chi connectivity index (χ0v) is 11.3. The van der Waals surface area contributed by atoms with Crippen LogP contribution in [0.1, 0.15) is 17.0 Å². The van der Waals surface area contributed by atoms with E-state index in [0.29, 0.717) is 11.8 Å². The first kappa shape index (κ1) is 13.0. The molecule has 3 N–H and O–H groups in total. The first-order chi connectivity index (χ1) is 9.74. The van der Waals surface area contributed by atoms with Gasteiger partial charge in [-0.05, 0) is 42.1 Å². The zero-order valence-electron chi connectivity index (χ0n) is 11.3. The van der Waals surface area contributed by atoms with E-state index in [1.807, 2.05) is 12.1 Å². The van der Waals surface area contributed by atoms with Crippen molar-refractivity contribution in [2.75, 3.05) is 13.1 Å². The van der Waals surface area contributed by atoms with E-state index in [1.165, 1.54) is 5.56 Å². The highest BCUT2D eigenvalue weighted by atomic mass is 16.3. The lowest BCUT2D eigenvalue weighted by atomic mass is 9.84. The van der Waals surface area contributed by atoms with Crippen molar-refractivity contribution in [3.63, 3.8) is 0 Å². The smallest absolute Gasteiger partial charge is 0.157 e. The number of rotatable bonds is 3. The molecule has 0 aromatic heterocycles. The lowest BCUT2D eigenvalue weighted by Crippen LogP contribution is -2.13. The van der Waals surface area contributed by atoms with Gasteiger partial charge in [-0.2, -0.15) is 0 Å². The number of hydrogen-bond donors (Lipinski definition) is 3. The molecule has 2 atom stereocenters. The summed E-state index contributed by atoms with van der Waals surface area (Å²) in [6.45, 7) is 1.91. The molecule has 0 saturated carbocycles. The molecule has 0 spiro atoms. The third kappa shape index (κ3) is 2.63. The van der Waals surface area contributed by atoms with Gasteiger partial charge in [-0.15, -0.1) is 0 Å². The van der Waals surface area contributed by atoms with Crippen LogP contribution >= 0.6 is 0 Å². The molecule has 1 aliphatic rings. The minimum absolute atomic E-state index is 0.0344. The molecule has 104 valence electrons. The summed E-state index contributed by atoms with van der Waals surface area (Å²) in [4.78, 5) is 0. The Kier molecular flexibility index (Phi) is 3.61. The molecule has 20 heavy (non-hydrogen) atoms. The van der Waals surface area contributed by atoms with Crippen LogP contribution in [0.4, 0.5) is 0 Å². The van der Waals surface area contributed by atoms with E-state index in [-0.39, 0.29) is 11.5 Å². The van der Waals surface area contributed by atoms with E-state index in [0.717, 1.165) is 25.1 Å². The number of benzene rings is 2. The van der Waals surface area contributed by atoms with E-state index < -0.39 is 0 Å². The van der Waals surface area contributed by atoms with Crippen molar-refractivity contribution < 1.29 is 10.2 Å². The second-order valence-corrected chi connectivity index (χ2v) is 5.46. The molecule has 3 heteroatoms. The van der Waals surface area contributed by atoms with Crippen LogP contribution in [0.5, 0.6) is 11.5 Å². The average Bonchev–Trinajstić information content (AvgIpc) is 2.91. The van der Waals surface area contributed by atoms with Crippen LogP contribution in [-0.2, 0) is 6.42 Å². The Morgan fingerprint density at radius 2 is 1.75 bits per heavy atom. The standard InChI is InChI=1S/C17H19NO2/c19-16-7-6-13(9-17(16)20)15-11-18-10-14(15)8-12-4-2-1-3-5-12/h1-7,9,14-15,18-20H,8,10-11H2/t14-,15-/m0/s1. The number of aromatic hydroxyl groups is 2. The molecule has 1 aliphatic heterocycles. The van der Waals surface area contributed by atoms with Gasteiger partial charge in [0, 0.05) is 12.5 Å². The molecule has 1 fully saturated rings. The van der Waals surface area contributed by atoms with Gasteiger partial charge in [0.1, 0.15) is 0 Å². The molecule has 0 radical (unpaired) electrons. The van der Waals surface area contributed by atoms with Crippen LogP contribution in [0.25, 0.3) is 0 Å². The Balaban J connectivity index is 1.80. The SMILES string of the molecule is Oc1ccc([C@@H]2CNC[C@@H]2Cc2ccccc2)cc1O. The quantitative estimate of drug-likeness (QED) is 0.751. The topological polar surface area (TPSA) is 52.5 Å². The highest BCUT2D eigenvalue weighted by molar-refractivity contribution is 5.42. The minimum atomic E-state index is -0.0562. The van der Waals surface area contributed by atoms with Crippen LogP contribution < -0.4 is 5.32 Å². The fourth-order valence-corrected chi connectivity index (χ4v) is 3.03. The van der Waals surface area contributed by atoms with Crippen LogP contribution in [0, 0.1) is 5.92 Å². The molecule has 0 amide bonds. The van der Waals surface area contributed by atoms with Crippen LogP contribution in [0.15, 0.2) is 48.5 Å². The number of phenolic OH excluding ortho intramolecular Hbond substituents is 2. The molecule has 0 aliphatic carbocycles. The number of nitrogens with one attached hydrogen (secondary N) is 1. The molecule has 1 saturated heterocycles. The second-order valence-electron chi connectivity index (χ2n) is 5.46. The third-order valence-corrected chi connectivity index (χ3v) is 4.11. The maximum atomic E-state index is 9.67. The Morgan fingerprint density at radius 1 is 0.950 bits per heavy atom.